The average Bonchev–Trinajstić information content (AvgIpc) is 3.29. The number of nitrogens with zero attached hydrogens (tertiary/aromatic N) is 5. The van der Waals surface area contributed by atoms with Crippen molar-refractivity contribution < 1.29 is 14.1 Å². The Labute approximate surface area is 147 Å². The number of aryl methyl sites for hydroxylation is 1. The number of likely N-dealkylation sites (tertiary alicyclic amines) is 1. The molecule has 0 aliphatic carbocycles. The molecule has 0 bridgehead atoms. The van der Waals surface area contributed by atoms with E-state index in [0.717, 1.165) is 39.0 Å². The number of hydrogen-bond donors (Lipinski definition) is 0. The summed E-state index contributed by atoms with van der Waals surface area (Å²) in [5, 5.41) is 8.07. The van der Waals surface area contributed by atoms with Crippen LogP contribution < -0.4 is 0 Å². The molecule has 0 aromatic carbocycles. The van der Waals surface area contributed by atoms with Gasteiger partial charge in [0.15, 0.2) is 12.4 Å². The summed E-state index contributed by atoms with van der Waals surface area (Å²) in [6, 6.07) is 0. The third-order valence-corrected chi connectivity index (χ3v) is 4.27. The normalized spacial score (nSPS) is 15.4. The standard InChI is InChI=1S/C17H25N5O3/c1-2-6-15-19-16(25-20-15)13-24-17(23)14-11-18-22(12-14)10-9-21-7-4-3-5-8-21/h11-12H,2-10,13H2,1H3. The van der Waals surface area contributed by atoms with E-state index >= 15 is 0 Å². The molecule has 0 amide bonds. The number of esters is 1. The van der Waals surface area contributed by atoms with Gasteiger partial charge in [0.1, 0.15) is 0 Å². The van der Waals surface area contributed by atoms with Gasteiger partial charge in [0.2, 0.25) is 0 Å². The van der Waals surface area contributed by atoms with E-state index in [9.17, 15) is 4.79 Å². The lowest BCUT2D eigenvalue weighted by Gasteiger charge is -2.26. The van der Waals surface area contributed by atoms with Crippen molar-refractivity contribution in [2.45, 2.75) is 52.2 Å². The summed E-state index contributed by atoms with van der Waals surface area (Å²) in [7, 11) is 0. The zero-order valence-electron chi connectivity index (χ0n) is 14.7. The Morgan fingerprint density at radius 1 is 1.28 bits per heavy atom. The number of carbonyl (C=O) groups is 1. The highest BCUT2D eigenvalue weighted by atomic mass is 16.6. The molecule has 0 saturated carbocycles. The minimum atomic E-state index is -0.431. The quantitative estimate of drug-likeness (QED) is 0.676. The summed E-state index contributed by atoms with van der Waals surface area (Å²) in [4.78, 5) is 18.7. The lowest BCUT2D eigenvalue weighted by Crippen LogP contribution is -2.32. The Balaban J connectivity index is 1.44. The van der Waals surface area contributed by atoms with Gasteiger partial charge < -0.3 is 14.2 Å². The number of piperidine rings is 1. The van der Waals surface area contributed by atoms with Gasteiger partial charge in [-0.05, 0) is 32.4 Å². The van der Waals surface area contributed by atoms with Crippen molar-refractivity contribution in [1.82, 2.24) is 24.8 Å². The fourth-order valence-corrected chi connectivity index (χ4v) is 2.90. The van der Waals surface area contributed by atoms with Crippen LogP contribution in [0.25, 0.3) is 0 Å². The van der Waals surface area contributed by atoms with Crippen molar-refractivity contribution in [2.24, 2.45) is 0 Å². The number of carbonyl (C=O) groups excluding carboxylic acids is 1. The van der Waals surface area contributed by atoms with Crippen LogP contribution in [0.3, 0.4) is 0 Å². The van der Waals surface area contributed by atoms with Gasteiger partial charge in [0.25, 0.3) is 5.89 Å². The second-order valence-corrected chi connectivity index (χ2v) is 6.32. The minimum absolute atomic E-state index is 0.0193. The second-order valence-electron chi connectivity index (χ2n) is 6.32. The molecule has 136 valence electrons. The summed E-state index contributed by atoms with van der Waals surface area (Å²) in [6.45, 7) is 6.06. The van der Waals surface area contributed by atoms with E-state index in [1.165, 1.54) is 25.5 Å². The number of rotatable bonds is 8. The molecule has 1 fully saturated rings. The Bertz CT molecular complexity index is 675. The van der Waals surface area contributed by atoms with Crippen molar-refractivity contribution in [1.29, 1.82) is 0 Å². The first-order chi connectivity index (χ1) is 12.2. The van der Waals surface area contributed by atoms with Crippen molar-refractivity contribution in [3.05, 3.63) is 29.7 Å². The molecule has 1 aliphatic rings. The molecule has 0 unspecified atom stereocenters. The molecule has 3 heterocycles. The molecule has 8 nitrogen and oxygen atoms in total. The maximum absolute atomic E-state index is 12.1. The molecular weight excluding hydrogens is 322 g/mol. The summed E-state index contributed by atoms with van der Waals surface area (Å²) in [5.41, 5.74) is 0.437. The predicted molar refractivity (Wildman–Crippen MR) is 89.9 cm³/mol. The van der Waals surface area contributed by atoms with Crippen LogP contribution >= 0.6 is 0 Å². The highest BCUT2D eigenvalue weighted by molar-refractivity contribution is 5.88. The molecule has 1 saturated heterocycles. The van der Waals surface area contributed by atoms with E-state index < -0.39 is 5.97 Å². The van der Waals surface area contributed by atoms with Crippen molar-refractivity contribution in [2.75, 3.05) is 19.6 Å². The Kier molecular flexibility index (Phi) is 6.16. The van der Waals surface area contributed by atoms with Crippen molar-refractivity contribution in [3.8, 4) is 0 Å². The first kappa shape index (κ1) is 17.6. The van der Waals surface area contributed by atoms with Gasteiger partial charge in [-0.25, -0.2) is 4.79 Å². The summed E-state index contributed by atoms with van der Waals surface area (Å²) >= 11 is 0. The number of aromatic nitrogens is 4. The van der Waals surface area contributed by atoms with Crippen LogP contribution in [0.1, 0.15) is 54.7 Å². The predicted octanol–water partition coefficient (Wildman–Crippen LogP) is 2.06. The lowest BCUT2D eigenvalue weighted by atomic mass is 10.1. The smallest absolute Gasteiger partial charge is 0.341 e. The van der Waals surface area contributed by atoms with E-state index in [4.69, 9.17) is 9.26 Å². The van der Waals surface area contributed by atoms with E-state index in [1.807, 2.05) is 6.92 Å². The van der Waals surface area contributed by atoms with Gasteiger partial charge in [-0.3, -0.25) is 4.68 Å². The zero-order chi connectivity index (χ0) is 17.5. The largest absolute Gasteiger partial charge is 0.452 e. The van der Waals surface area contributed by atoms with Crippen LogP contribution in [0.2, 0.25) is 0 Å². The van der Waals surface area contributed by atoms with E-state index in [2.05, 4.69) is 20.1 Å². The Morgan fingerprint density at radius 2 is 2.12 bits per heavy atom. The zero-order valence-corrected chi connectivity index (χ0v) is 14.7. The van der Waals surface area contributed by atoms with E-state index in [-0.39, 0.29) is 6.61 Å². The third kappa shape index (κ3) is 5.12. The van der Waals surface area contributed by atoms with Crippen LogP contribution in [-0.2, 0) is 24.3 Å². The van der Waals surface area contributed by atoms with E-state index in [1.54, 1.807) is 10.9 Å². The van der Waals surface area contributed by atoms with Gasteiger partial charge in [-0.15, -0.1) is 0 Å². The van der Waals surface area contributed by atoms with Crippen LogP contribution in [0.4, 0.5) is 0 Å². The maximum Gasteiger partial charge on any atom is 0.341 e. The number of ether oxygens (including phenoxy) is 1. The number of hydrogen-bond acceptors (Lipinski definition) is 7. The van der Waals surface area contributed by atoms with Gasteiger partial charge in [-0.1, -0.05) is 18.5 Å². The Hall–Kier alpha value is -2.22. The summed E-state index contributed by atoms with van der Waals surface area (Å²) in [6.07, 6.45) is 8.82. The fraction of sp³-hybridized carbons (Fsp3) is 0.647. The van der Waals surface area contributed by atoms with Crippen LogP contribution in [0.5, 0.6) is 0 Å². The summed E-state index contributed by atoms with van der Waals surface area (Å²) < 4.78 is 12.1. The SMILES string of the molecule is CCCc1noc(COC(=O)c2cnn(CCN3CCCCC3)c2)n1. The van der Waals surface area contributed by atoms with Crippen LogP contribution in [0, 0.1) is 0 Å². The average molecular weight is 347 g/mol. The topological polar surface area (TPSA) is 86.3 Å². The molecule has 2 aromatic heterocycles. The highest BCUT2D eigenvalue weighted by Gasteiger charge is 2.14. The molecule has 0 N–H and O–H groups in total. The molecule has 0 radical (unpaired) electrons. The second kappa shape index (κ2) is 8.75. The van der Waals surface area contributed by atoms with Crippen LogP contribution in [0.15, 0.2) is 16.9 Å². The maximum atomic E-state index is 12.1. The highest BCUT2D eigenvalue weighted by Crippen LogP contribution is 2.09. The summed E-state index contributed by atoms with van der Waals surface area (Å²) in [5.74, 6) is 0.521. The molecule has 1 aliphatic heterocycles. The van der Waals surface area contributed by atoms with Gasteiger partial charge in [0, 0.05) is 19.2 Å². The fourth-order valence-electron chi connectivity index (χ4n) is 2.90. The molecular formula is C17H25N5O3. The minimum Gasteiger partial charge on any atom is -0.452 e. The molecule has 8 heteroatoms. The molecule has 3 rings (SSSR count). The molecule has 0 spiro atoms. The van der Waals surface area contributed by atoms with Crippen molar-refractivity contribution in [3.63, 3.8) is 0 Å². The van der Waals surface area contributed by atoms with E-state index in [0.29, 0.717) is 17.3 Å². The molecule has 25 heavy (non-hydrogen) atoms. The van der Waals surface area contributed by atoms with Crippen molar-refractivity contribution >= 4 is 5.97 Å². The Morgan fingerprint density at radius 3 is 2.92 bits per heavy atom. The third-order valence-electron chi connectivity index (χ3n) is 4.27. The first-order valence-corrected chi connectivity index (χ1v) is 8.98. The molecule has 0 atom stereocenters. The first-order valence-electron chi connectivity index (χ1n) is 8.98. The van der Waals surface area contributed by atoms with Gasteiger partial charge in [0.05, 0.1) is 18.3 Å². The van der Waals surface area contributed by atoms with Crippen LogP contribution in [-0.4, -0.2) is 50.4 Å². The van der Waals surface area contributed by atoms with Gasteiger partial charge >= 0.3 is 5.97 Å². The monoisotopic (exact) mass is 347 g/mol. The lowest BCUT2D eigenvalue weighted by molar-refractivity contribution is 0.0429. The molecule has 2 aromatic rings. The van der Waals surface area contributed by atoms with Gasteiger partial charge in [-0.2, -0.15) is 10.1 Å².